The molecule has 21 heavy (non-hydrogen) atoms. The number of piperidine rings is 1. The molecule has 1 saturated heterocycles. The molecule has 0 radical (unpaired) electrons. The number of esters is 1. The molecule has 1 atom stereocenters. The van der Waals surface area contributed by atoms with Crippen molar-refractivity contribution < 1.29 is 19.1 Å². The summed E-state index contributed by atoms with van der Waals surface area (Å²) < 4.78 is 10.3. The third kappa shape index (κ3) is 6.33. The summed E-state index contributed by atoms with van der Waals surface area (Å²) in [5.74, 6) is 0.00941. The van der Waals surface area contributed by atoms with Gasteiger partial charge in [-0.3, -0.25) is 4.79 Å². The van der Waals surface area contributed by atoms with E-state index in [1.54, 1.807) is 11.8 Å². The molecule has 1 aliphatic heterocycles. The third-order valence-corrected chi connectivity index (χ3v) is 3.44. The highest BCUT2D eigenvalue weighted by molar-refractivity contribution is 5.75. The molecule has 1 aliphatic rings. The first-order valence-electron chi connectivity index (χ1n) is 7.63. The van der Waals surface area contributed by atoms with Crippen LogP contribution in [0.15, 0.2) is 0 Å². The highest BCUT2D eigenvalue weighted by atomic mass is 16.6. The number of likely N-dealkylation sites (tertiary alicyclic amines) is 1. The fraction of sp³-hybridized carbons (Fsp3) is 0.867. The van der Waals surface area contributed by atoms with Crippen LogP contribution in [0.1, 0.15) is 47.0 Å². The summed E-state index contributed by atoms with van der Waals surface area (Å²) in [6.07, 6.45) is 2.02. The zero-order valence-corrected chi connectivity index (χ0v) is 13.6. The highest BCUT2D eigenvalue weighted by Gasteiger charge is 2.28. The van der Waals surface area contributed by atoms with Crippen molar-refractivity contribution in [1.29, 1.82) is 0 Å². The van der Waals surface area contributed by atoms with Gasteiger partial charge in [-0.05, 0) is 52.9 Å². The minimum absolute atomic E-state index is 0.268. The Kier molecular flexibility index (Phi) is 6.45. The second kappa shape index (κ2) is 7.64. The van der Waals surface area contributed by atoms with Crippen LogP contribution >= 0.6 is 0 Å². The van der Waals surface area contributed by atoms with Gasteiger partial charge < -0.3 is 20.1 Å². The second-order valence-electron chi connectivity index (χ2n) is 6.51. The van der Waals surface area contributed by atoms with E-state index in [1.165, 1.54) is 0 Å². The van der Waals surface area contributed by atoms with Gasteiger partial charge in [0.1, 0.15) is 11.6 Å². The zero-order chi connectivity index (χ0) is 16.0. The standard InChI is InChI=1S/C15H28N2O4/c1-5-20-13(18)12(16)10-11-6-8-17(9-7-11)14(19)21-15(2,3)4/h11-12H,5-10,16H2,1-4H3/t12-/m0/s1. The molecule has 2 N–H and O–H groups in total. The van der Waals surface area contributed by atoms with E-state index >= 15 is 0 Å². The van der Waals surface area contributed by atoms with Crippen molar-refractivity contribution in [2.45, 2.75) is 58.6 Å². The zero-order valence-electron chi connectivity index (χ0n) is 13.6. The lowest BCUT2D eigenvalue weighted by molar-refractivity contribution is -0.145. The van der Waals surface area contributed by atoms with Gasteiger partial charge in [0, 0.05) is 13.1 Å². The van der Waals surface area contributed by atoms with Gasteiger partial charge in [0.25, 0.3) is 0 Å². The molecular weight excluding hydrogens is 272 g/mol. The predicted octanol–water partition coefficient (Wildman–Crippen LogP) is 1.91. The third-order valence-electron chi connectivity index (χ3n) is 3.44. The summed E-state index contributed by atoms with van der Waals surface area (Å²) in [5, 5.41) is 0. The van der Waals surface area contributed by atoms with E-state index in [2.05, 4.69) is 0 Å². The normalized spacial score (nSPS) is 18.2. The van der Waals surface area contributed by atoms with Crippen LogP contribution in [0.4, 0.5) is 4.79 Å². The SMILES string of the molecule is CCOC(=O)[C@@H](N)CC1CCN(C(=O)OC(C)(C)C)CC1. The van der Waals surface area contributed by atoms with Crippen LogP contribution < -0.4 is 5.73 Å². The van der Waals surface area contributed by atoms with Gasteiger partial charge >= 0.3 is 12.1 Å². The molecular formula is C15H28N2O4. The van der Waals surface area contributed by atoms with Crippen LogP contribution in [0.5, 0.6) is 0 Å². The lowest BCUT2D eigenvalue weighted by Crippen LogP contribution is -2.43. The Balaban J connectivity index is 2.35. The Bertz CT molecular complexity index is 357. The number of nitrogens with zero attached hydrogens (tertiary/aromatic N) is 1. The summed E-state index contributed by atoms with van der Waals surface area (Å²) >= 11 is 0. The van der Waals surface area contributed by atoms with Gasteiger partial charge in [-0.2, -0.15) is 0 Å². The van der Waals surface area contributed by atoms with E-state index in [1.807, 2.05) is 20.8 Å². The van der Waals surface area contributed by atoms with Gasteiger partial charge in [0.05, 0.1) is 6.61 Å². The molecule has 122 valence electrons. The summed E-state index contributed by atoms with van der Waals surface area (Å²) in [6, 6.07) is -0.567. The molecule has 6 heteroatoms. The number of rotatable bonds is 4. The number of amides is 1. The summed E-state index contributed by atoms with van der Waals surface area (Å²) in [6.45, 7) is 8.99. The number of carbonyl (C=O) groups is 2. The summed E-state index contributed by atoms with van der Waals surface area (Å²) in [4.78, 5) is 25.2. The minimum Gasteiger partial charge on any atom is -0.465 e. The van der Waals surface area contributed by atoms with Gasteiger partial charge in [0.2, 0.25) is 0 Å². The molecule has 0 aromatic heterocycles. The number of nitrogens with two attached hydrogens (primary N) is 1. The van der Waals surface area contributed by atoms with Crippen LogP contribution in [-0.2, 0) is 14.3 Å². The van der Waals surface area contributed by atoms with Crippen molar-refractivity contribution in [2.24, 2.45) is 11.7 Å². The first-order valence-corrected chi connectivity index (χ1v) is 7.63. The van der Waals surface area contributed by atoms with Crippen LogP contribution in [0, 0.1) is 5.92 Å². The van der Waals surface area contributed by atoms with E-state index in [0.29, 0.717) is 32.0 Å². The van der Waals surface area contributed by atoms with Crippen LogP contribution in [0.25, 0.3) is 0 Å². The lowest BCUT2D eigenvalue weighted by Gasteiger charge is -2.34. The molecule has 6 nitrogen and oxygen atoms in total. The van der Waals surface area contributed by atoms with Gasteiger partial charge in [-0.15, -0.1) is 0 Å². The molecule has 0 unspecified atom stereocenters. The first kappa shape index (κ1) is 17.8. The smallest absolute Gasteiger partial charge is 0.410 e. The molecule has 1 amide bonds. The van der Waals surface area contributed by atoms with Crippen molar-refractivity contribution >= 4 is 12.1 Å². The van der Waals surface area contributed by atoms with Crippen molar-refractivity contribution in [1.82, 2.24) is 4.90 Å². The van der Waals surface area contributed by atoms with Crippen LogP contribution in [0.2, 0.25) is 0 Å². The Morgan fingerprint density at radius 2 is 1.86 bits per heavy atom. The largest absolute Gasteiger partial charge is 0.465 e. The molecule has 0 aromatic rings. The topological polar surface area (TPSA) is 81.9 Å². The number of hydrogen-bond donors (Lipinski definition) is 1. The quantitative estimate of drug-likeness (QED) is 0.802. The van der Waals surface area contributed by atoms with Crippen molar-refractivity contribution in [3.05, 3.63) is 0 Å². The predicted molar refractivity (Wildman–Crippen MR) is 79.8 cm³/mol. The van der Waals surface area contributed by atoms with E-state index in [4.69, 9.17) is 15.2 Å². The highest BCUT2D eigenvalue weighted by Crippen LogP contribution is 2.23. The fourth-order valence-corrected chi connectivity index (χ4v) is 2.38. The van der Waals surface area contributed by atoms with E-state index < -0.39 is 11.6 Å². The number of ether oxygens (including phenoxy) is 2. The van der Waals surface area contributed by atoms with Crippen molar-refractivity contribution in [2.75, 3.05) is 19.7 Å². The summed E-state index contributed by atoms with van der Waals surface area (Å²) in [7, 11) is 0. The molecule has 0 saturated carbocycles. The Labute approximate surface area is 126 Å². The fourth-order valence-electron chi connectivity index (χ4n) is 2.38. The van der Waals surface area contributed by atoms with E-state index in [9.17, 15) is 9.59 Å². The maximum Gasteiger partial charge on any atom is 0.410 e. The number of carbonyl (C=O) groups excluding carboxylic acids is 2. The maximum atomic E-state index is 11.9. The Morgan fingerprint density at radius 3 is 2.33 bits per heavy atom. The average Bonchev–Trinajstić information content (AvgIpc) is 2.37. The first-order chi connectivity index (χ1) is 9.73. The molecule has 0 aromatic carbocycles. The Hall–Kier alpha value is -1.30. The van der Waals surface area contributed by atoms with E-state index in [-0.39, 0.29) is 12.1 Å². The Morgan fingerprint density at radius 1 is 1.29 bits per heavy atom. The number of hydrogen-bond acceptors (Lipinski definition) is 5. The lowest BCUT2D eigenvalue weighted by atomic mass is 9.90. The van der Waals surface area contributed by atoms with Gasteiger partial charge in [-0.1, -0.05) is 0 Å². The molecule has 1 heterocycles. The van der Waals surface area contributed by atoms with Crippen molar-refractivity contribution in [3.8, 4) is 0 Å². The molecule has 1 rings (SSSR count). The molecule has 0 aliphatic carbocycles. The molecule has 0 bridgehead atoms. The molecule has 0 spiro atoms. The maximum absolute atomic E-state index is 11.9. The van der Waals surface area contributed by atoms with Gasteiger partial charge in [-0.25, -0.2) is 4.79 Å². The van der Waals surface area contributed by atoms with Crippen molar-refractivity contribution in [3.63, 3.8) is 0 Å². The monoisotopic (exact) mass is 300 g/mol. The molecule has 1 fully saturated rings. The average molecular weight is 300 g/mol. The summed E-state index contributed by atoms with van der Waals surface area (Å²) in [5.41, 5.74) is 5.36. The van der Waals surface area contributed by atoms with Crippen LogP contribution in [-0.4, -0.2) is 48.3 Å². The second-order valence-corrected chi connectivity index (χ2v) is 6.51. The van der Waals surface area contributed by atoms with Gasteiger partial charge in [0.15, 0.2) is 0 Å². The minimum atomic E-state index is -0.567. The van der Waals surface area contributed by atoms with E-state index in [0.717, 1.165) is 12.8 Å². The van der Waals surface area contributed by atoms with Crippen LogP contribution in [0.3, 0.4) is 0 Å².